The molecule has 5 nitrogen and oxygen atoms in total. The first-order valence-electron chi connectivity index (χ1n) is 5.56. The topological polar surface area (TPSA) is 84.5 Å². The third-order valence-electron chi connectivity index (χ3n) is 2.59. The van der Waals surface area contributed by atoms with Crippen LogP contribution in [0.5, 0.6) is 0 Å². The second-order valence-corrected chi connectivity index (χ2v) is 5.74. The summed E-state index contributed by atoms with van der Waals surface area (Å²) in [7, 11) is 0. The fraction of sp³-hybridized carbons (Fsp3) is 0.250. The number of nitrogens with zero attached hydrogens (tertiary/aromatic N) is 1. The fourth-order valence-electron chi connectivity index (χ4n) is 1.58. The van der Waals surface area contributed by atoms with E-state index in [-0.39, 0.29) is 23.4 Å². The molecule has 0 saturated heterocycles. The number of anilines is 1. The summed E-state index contributed by atoms with van der Waals surface area (Å²) in [5.41, 5.74) is 7.00. The first-order chi connectivity index (χ1) is 8.95. The molecule has 0 fully saturated rings. The smallest absolute Gasteiger partial charge is 0.249 e. The van der Waals surface area contributed by atoms with E-state index in [1.54, 1.807) is 12.1 Å². The minimum atomic E-state index is -0.551. The normalized spacial score (nSPS) is 18.9. The molecule has 0 unspecified atom stereocenters. The molecular weight excluding hydrogens is 286 g/mol. The van der Waals surface area contributed by atoms with Gasteiger partial charge in [0.15, 0.2) is 5.17 Å². The Bertz CT molecular complexity index is 574. The fourth-order valence-corrected chi connectivity index (χ4v) is 2.60. The van der Waals surface area contributed by atoms with Crippen LogP contribution in [0.4, 0.5) is 5.69 Å². The van der Waals surface area contributed by atoms with Gasteiger partial charge >= 0.3 is 0 Å². The number of aryl methyl sites for hydroxylation is 1. The van der Waals surface area contributed by atoms with Gasteiger partial charge in [-0.2, -0.15) is 4.99 Å². The number of carbonyl (C=O) groups excluding carboxylic acids is 2. The Balaban J connectivity index is 2.07. The van der Waals surface area contributed by atoms with Gasteiger partial charge in [0.2, 0.25) is 11.8 Å². The number of rotatable bonds is 2. The van der Waals surface area contributed by atoms with E-state index < -0.39 is 5.25 Å². The van der Waals surface area contributed by atoms with Gasteiger partial charge in [-0.05, 0) is 24.6 Å². The predicted octanol–water partition coefficient (Wildman–Crippen LogP) is 1.93. The quantitative estimate of drug-likeness (QED) is 0.873. The van der Waals surface area contributed by atoms with Gasteiger partial charge in [0.25, 0.3) is 0 Å². The molecule has 1 aromatic carbocycles. The lowest BCUT2D eigenvalue weighted by Crippen LogP contribution is -2.33. The van der Waals surface area contributed by atoms with Gasteiger partial charge in [-0.15, -0.1) is 0 Å². The molecule has 0 aliphatic carbocycles. The van der Waals surface area contributed by atoms with Gasteiger partial charge in [0.05, 0.1) is 6.42 Å². The van der Waals surface area contributed by atoms with Crippen molar-refractivity contribution in [3.05, 3.63) is 28.8 Å². The molecule has 100 valence electrons. The second-order valence-electron chi connectivity index (χ2n) is 4.11. The van der Waals surface area contributed by atoms with E-state index >= 15 is 0 Å². The van der Waals surface area contributed by atoms with Crippen LogP contribution in [-0.4, -0.2) is 22.2 Å². The summed E-state index contributed by atoms with van der Waals surface area (Å²) in [6, 6.07) is 5.24. The number of nitrogens with one attached hydrogen (secondary N) is 1. The van der Waals surface area contributed by atoms with Gasteiger partial charge in [-0.25, -0.2) is 0 Å². The maximum absolute atomic E-state index is 12.0. The molecular formula is C12H12ClN3O2S. The van der Waals surface area contributed by atoms with Crippen molar-refractivity contribution in [2.75, 3.05) is 5.32 Å². The van der Waals surface area contributed by atoms with Gasteiger partial charge < -0.3 is 11.1 Å². The number of aliphatic imine (C=N–C) groups is 1. The summed E-state index contributed by atoms with van der Waals surface area (Å²) >= 11 is 7.07. The Kier molecular flexibility index (Phi) is 4.11. The molecule has 1 heterocycles. The molecule has 1 atom stereocenters. The van der Waals surface area contributed by atoms with E-state index in [2.05, 4.69) is 10.3 Å². The number of amides is 2. The monoisotopic (exact) mass is 297 g/mol. The van der Waals surface area contributed by atoms with Crippen molar-refractivity contribution in [1.29, 1.82) is 0 Å². The first-order valence-corrected chi connectivity index (χ1v) is 6.82. The van der Waals surface area contributed by atoms with E-state index in [0.29, 0.717) is 10.7 Å². The van der Waals surface area contributed by atoms with Crippen molar-refractivity contribution >= 4 is 46.0 Å². The number of amidine groups is 1. The Morgan fingerprint density at radius 2 is 2.32 bits per heavy atom. The summed E-state index contributed by atoms with van der Waals surface area (Å²) in [4.78, 5) is 26.8. The lowest BCUT2D eigenvalue weighted by atomic mass is 10.2. The Labute approximate surface area is 119 Å². The number of hydrogen-bond acceptors (Lipinski definition) is 4. The minimum absolute atomic E-state index is 0.0524. The molecule has 0 aromatic heterocycles. The van der Waals surface area contributed by atoms with Gasteiger partial charge in [0.1, 0.15) is 5.25 Å². The zero-order chi connectivity index (χ0) is 14.0. The number of nitrogens with two attached hydrogens (primary N) is 1. The maximum atomic E-state index is 12.0. The van der Waals surface area contributed by atoms with Crippen molar-refractivity contribution in [3.63, 3.8) is 0 Å². The van der Waals surface area contributed by atoms with Crippen molar-refractivity contribution in [2.24, 2.45) is 10.7 Å². The Morgan fingerprint density at radius 3 is 2.95 bits per heavy atom. The third-order valence-corrected chi connectivity index (χ3v) is 3.99. The molecule has 0 bridgehead atoms. The average Bonchev–Trinajstić information content (AvgIpc) is 2.32. The molecule has 2 rings (SSSR count). The largest absolute Gasteiger partial charge is 0.378 e. The highest BCUT2D eigenvalue weighted by atomic mass is 35.5. The highest BCUT2D eigenvalue weighted by Gasteiger charge is 2.27. The molecule has 7 heteroatoms. The van der Waals surface area contributed by atoms with Crippen molar-refractivity contribution in [2.45, 2.75) is 18.6 Å². The van der Waals surface area contributed by atoms with E-state index in [0.717, 1.165) is 17.3 Å². The van der Waals surface area contributed by atoms with E-state index in [4.69, 9.17) is 17.3 Å². The lowest BCUT2D eigenvalue weighted by Gasteiger charge is -2.18. The SMILES string of the molecule is Cc1ccc(NC(=O)[C@@H]2CC(=O)N=C(N)S2)cc1Cl. The summed E-state index contributed by atoms with van der Waals surface area (Å²) in [6.45, 7) is 1.88. The predicted molar refractivity (Wildman–Crippen MR) is 77.4 cm³/mol. The van der Waals surface area contributed by atoms with E-state index in [1.165, 1.54) is 0 Å². The number of benzene rings is 1. The third kappa shape index (κ3) is 3.48. The molecule has 0 saturated carbocycles. The van der Waals surface area contributed by atoms with Crippen molar-refractivity contribution in [1.82, 2.24) is 0 Å². The van der Waals surface area contributed by atoms with Gasteiger partial charge in [-0.3, -0.25) is 9.59 Å². The van der Waals surface area contributed by atoms with E-state index in [9.17, 15) is 9.59 Å². The van der Waals surface area contributed by atoms with Crippen LogP contribution >= 0.6 is 23.4 Å². The summed E-state index contributed by atoms with van der Waals surface area (Å²) in [6.07, 6.45) is 0.0524. The molecule has 1 aromatic rings. The van der Waals surface area contributed by atoms with Crippen LogP contribution in [0.15, 0.2) is 23.2 Å². The molecule has 3 N–H and O–H groups in total. The molecule has 1 aliphatic rings. The van der Waals surface area contributed by atoms with Gasteiger partial charge in [0, 0.05) is 10.7 Å². The summed E-state index contributed by atoms with van der Waals surface area (Å²) in [5, 5.41) is 2.86. The van der Waals surface area contributed by atoms with Crippen LogP contribution < -0.4 is 11.1 Å². The zero-order valence-electron chi connectivity index (χ0n) is 10.1. The van der Waals surface area contributed by atoms with Crippen LogP contribution in [0.25, 0.3) is 0 Å². The molecule has 0 spiro atoms. The van der Waals surface area contributed by atoms with Crippen molar-refractivity contribution in [3.8, 4) is 0 Å². The lowest BCUT2D eigenvalue weighted by molar-refractivity contribution is -0.121. The maximum Gasteiger partial charge on any atom is 0.249 e. The van der Waals surface area contributed by atoms with Crippen LogP contribution in [0.2, 0.25) is 5.02 Å². The number of thioether (sulfide) groups is 1. The number of hydrogen-bond donors (Lipinski definition) is 2. The minimum Gasteiger partial charge on any atom is -0.378 e. The molecule has 1 aliphatic heterocycles. The number of carbonyl (C=O) groups is 2. The molecule has 0 radical (unpaired) electrons. The van der Waals surface area contributed by atoms with Crippen LogP contribution in [-0.2, 0) is 9.59 Å². The van der Waals surface area contributed by atoms with Crippen LogP contribution in [0, 0.1) is 6.92 Å². The molecule has 2 amide bonds. The second kappa shape index (κ2) is 5.63. The van der Waals surface area contributed by atoms with Crippen LogP contribution in [0.3, 0.4) is 0 Å². The van der Waals surface area contributed by atoms with E-state index in [1.807, 2.05) is 13.0 Å². The highest BCUT2D eigenvalue weighted by Crippen LogP contribution is 2.24. The Morgan fingerprint density at radius 1 is 1.58 bits per heavy atom. The number of halogens is 1. The highest BCUT2D eigenvalue weighted by molar-refractivity contribution is 8.15. The summed E-state index contributed by atoms with van der Waals surface area (Å²) < 4.78 is 0. The van der Waals surface area contributed by atoms with Gasteiger partial charge in [-0.1, -0.05) is 29.4 Å². The molecule has 19 heavy (non-hydrogen) atoms. The average molecular weight is 298 g/mol. The first kappa shape index (κ1) is 13.9. The summed E-state index contributed by atoms with van der Waals surface area (Å²) in [5.74, 6) is -0.658. The zero-order valence-corrected chi connectivity index (χ0v) is 11.7. The standard InChI is InChI=1S/C12H12ClN3O2S/c1-6-2-3-7(4-8(6)13)15-11(18)9-5-10(17)16-12(14)19-9/h2-4,9H,5H2,1H3,(H,15,18)(H2,14,16,17)/t9-/m0/s1. The Hall–Kier alpha value is -1.53. The van der Waals surface area contributed by atoms with Crippen molar-refractivity contribution < 1.29 is 9.59 Å². The van der Waals surface area contributed by atoms with Crippen LogP contribution in [0.1, 0.15) is 12.0 Å².